The molecule has 0 radical (unpaired) electrons. The lowest BCUT2D eigenvalue weighted by Crippen LogP contribution is -2.47. The number of ether oxygens (including phenoxy) is 1. The Morgan fingerprint density at radius 2 is 1.85 bits per heavy atom. The highest BCUT2D eigenvalue weighted by molar-refractivity contribution is 4.91. The summed E-state index contributed by atoms with van der Waals surface area (Å²) in [6.45, 7) is 6.36. The third kappa shape index (κ3) is 4.44. The summed E-state index contributed by atoms with van der Waals surface area (Å²) in [5.41, 5.74) is 6.59. The predicted octanol–water partition coefficient (Wildman–Crippen LogP) is 3.03. The van der Waals surface area contributed by atoms with Gasteiger partial charge >= 0.3 is 0 Å². The van der Waals surface area contributed by atoms with Crippen molar-refractivity contribution in [1.29, 1.82) is 0 Å². The molecule has 20 heavy (non-hydrogen) atoms. The molecule has 2 fully saturated rings. The summed E-state index contributed by atoms with van der Waals surface area (Å²) >= 11 is 0. The van der Waals surface area contributed by atoms with Gasteiger partial charge in [-0.3, -0.25) is 4.90 Å². The quantitative estimate of drug-likeness (QED) is 0.695. The highest BCUT2D eigenvalue weighted by Crippen LogP contribution is 2.39. The molecule has 0 aromatic heterocycles. The van der Waals surface area contributed by atoms with Gasteiger partial charge in [0.2, 0.25) is 0 Å². The molecule has 0 aromatic carbocycles. The molecule has 1 atom stereocenters. The molecule has 2 aliphatic rings. The molecule has 2 saturated carbocycles. The van der Waals surface area contributed by atoms with E-state index in [1.807, 2.05) is 7.11 Å². The minimum absolute atomic E-state index is 0.368. The number of hydrogen-bond donors (Lipinski definition) is 1. The van der Waals surface area contributed by atoms with Gasteiger partial charge in [0.05, 0.1) is 6.61 Å². The lowest BCUT2D eigenvalue weighted by atomic mass is 9.79. The smallest absolute Gasteiger partial charge is 0.0589 e. The number of rotatable bonds is 8. The Bertz CT molecular complexity index is 270. The van der Waals surface area contributed by atoms with Gasteiger partial charge < -0.3 is 10.5 Å². The van der Waals surface area contributed by atoms with Crippen LogP contribution in [0.3, 0.4) is 0 Å². The van der Waals surface area contributed by atoms with Crippen molar-refractivity contribution >= 4 is 0 Å². The van der Waals surface area contributed by atoms with Crippen LogP contribution in [0.15, 0.2) is 0 Å². The molecule has 0 spiro atoms. The van der Waals surface area contributed by atoms with E-state index in [1.54, 1.807) is 0 Å². The number of nitrogens with two attached hydrogens (primary N) is 1. The molecule has 3 heteroatoms. The van der Waals surface area contributed by atoms with Crippen LogP contribution >= 0.6 is 0 Å². The average molecular weight is 282 g/mol. The van der Waals surface area contributed by atoms with E-state index in [2.05, 4.69) is 11.8 Å². The molecule has 0 bridgehead atoms. The topological polar surface area (TPSA) is 38.5 Å². The van der Waals surface area contributed by atoms with Gasteiger partial charge in [-0.05, 0) is 50.5 Å². The van der Waals surface area contributed by atoms with Gasteiger partial charge in [-0.15, -0.1) is 0 Å². The number of nitrogens with zero attached hydrogens (tertiary/aromatic N) is 1. The maximum atomic E-state index is 6.22. The van der Waals surface area contributed by atoms with Crippen molar-refractivity contribution in [3.05, 3.63) is 0 Å². The van der Waals surface area contributed by atoms with E-state index in [1.165, 1.54) is 57.9 Å². The normalized spacial score (nSPS) is 24.6. The van der Waals surface area contributed by atoms with Gasteiger partial charge in [-0.1, -0.05) is 25.7 Å². The average Bonchev–Trinajstić information content (AvgIpc) is 3.30. The maximum Gasteiger partial charge on any atom is 0.0589 e. The molecule has 0 aliphatic heterocycles. The van der Waals surface area contributed by atoms with Crippen LogP contribution in [0.4, 0.5) is 0 Å². The zero-order valence-corrected chi connectivity index (χ0v) is 13.6. The number of methoxy groups -OCH3 is 1. The Morgan fingerprint density at radius 1 is 1.20 bits per heavy atom. The standard InChI is InChI=1S/C17H34N2O/c1-15(16-7-8-16)19(11-12-20-2)14-17(13-18)9-5-3-4-6-10-17/h15-16H,3-14,18H2,1-2H3. The Hall–Kier alpha value is -0.120. The summed E-state index contributed by atoms with van der Waals surface area (Å²) < 4.78 is 5.33. The molecule has 2 N–H and O–H groups in total. The first-order chi connectivity index (χ1) is 9.71. The first-order valence-electron chi connectivity index (χ1n) is 8.64. The minimum Gasteiger partial charge on any atom is -0.383 e. The van der Waals surface area contributed by atoms with Gasteiger partial charge in [0.1, 0.15) is 0 Å². The molecule has 0 saturated heterocycles. The van der Waals surface area contributed by atoms with Gasteiger partial charge in [0.15, 0.2) is 0 Å². The second kappa shape index (κ2) is 7.77. The van der Waals surface area contributed by atoms with E-state index in [0.29, 0.717) is 11.5 Å². The second-order valence-electron chi connectivity index (χ2n) is 7.16. The summed E-state index contributed by atoms with van der Waals surface area (Å²) in [6.07, 6.45) is 11.0. The Kier molecular flexibility index (Phi) is 6.31. The monoisotopic (exact) mass is 282 g/mol. The number of hydrogen-bond acceptors (Lipinski definition) is 3. The van der Waals surface area contributed by atoms with Crippen molar-refractivity contribution in [3.8, 4) is 0 Å². The van der Waals surface area contributed by atoms with Crippen LogP contribution in [0.25, 0.3) is 0 Å². The van der Waals surface area contributed by atoms with Crippen molar-refractivity contribution in [1.82, 2.24) is 4.90 Å². The first-order valence-corrected chi connectivity index (χ1v) is 8.64. The van der Waals surface area contributed by atoms with E-state index >= 15 is 0 Å². The van der Waals surface area contributed by atoms with Crippen molar-refractivity contribution in [3.63, 3.8) is 0 Å². The lowest BCUT2D eigenvalue weighted by molar-refractivity contribution is 0.0667. The molecule has 0 heterocycles. The molecule has 3 nitrogen and oxygen atoms in total. The minimum atomic E-state index is 0.368. The molecular formula is C17H34N2O. The zero-order valence-electron chi connectivity index (χ0n) is 13.6. The van der Waals surface area contributed by atoms with Crippen molar-refractivity contribution in [2.75, 3.05) is 33.4 Å². The van der Waals surface area contributed by atoms with Crippen molar-refractivity contribution in [2.24, 2.45) is 17.1 Å². The fraction of sp³-hybridized carbons (Fsp3) is 1.00. The molecular weight excluding hydrogens is 248 g/mol. The van der Waals surface area contributed by atoms with Gasteiger partial charge in [0, 0.05) is 26.2 Å². The second-order valence-corrected chi connectivity index (χ2v) is 7.16. The van der Waals surface area contributed by atoms with E-state index in [4.69, 9.17) is 10.5 Å². The molecule has 0 aromatic rings. The SMILES string of the molecule is COCCN(CC1(CN)CCCCCC1)C(C)C1CC1. The Labute approximate surface area is 125 Å². The fourth-order valence-electron chi connectivity index (χ4n) is 3.85. The summed E-state index contributed by atoms with van der Waals surface area (Å²) in [6, 6.07) is 0.705. The van der Waals surface area contributed by atoms with E-state index in [0.717, 1.165) is 25.6 Å². The molecule has 0 amide bonds. The molecule has 1 unspecified atom stereocenters. The van der Waals surface area contributed by atoms with Gasteiger partial charge in [0.25, 0.3) is 0 Å². The first kappa shape index (κ1) is 16.3. The summed E-state index contributed by atoms with van der Waals surface area (Å²) in [4.78, 5) is 2.68. The van der Waals surface area contributed by atoms with Crippen molar-refractivity contribution in [2.45, 2.75) is 64.3 Å². The summed E-state index contributed by atoms with van der Waals surface area (Å²) in [5, 5.41) is 0. The van der Waals surface area contributed by atoms with Crippen LogP contribution < -0.4 is 5.73 Å². The highest BCUT2D eigenvalue weighted by atomic mass is 16.5. The fourth-order valence-corrected chi connectivity index (χ4v) is 3.85. The zero-order chi connectivity index (χ0) is 14.4. The van der Waals surface area contributed by atoms with Gasteiger partial charge in [-0.25, -0.2) is 0 Å². The predicted molar refractivity (Wildman–Crippen MR) is 84.8 cm³/mol. The molecule has 118 valence electrons. The largest absolute Gasteiger partial charge is 0.383 e. The molecule has 2 aliphatic carbocycles. The molecule has 2 rings (SSSR count). The van der Waals surface area contributed by atoms with E-state index < -0.39 is 0 Å². The van der Waals surface area contributed by atoms with E-state index in [9.17, 15) is 0 Å². The summed E-state index contributed by atoms with van der Waals surface area (Å²) in [7, 11) is 1.81. The Morgan fingerprint density at radius 3 is 2.35 bits per heavy atom. The van der Waals surface area contributed by atoms with Crippen LogP contribution in [0.1, 0.15) is 58.3 Å². The van der Waals surface area contributed by atoms with E-state index in [-0.39, 0.29) is 0 Å². The van der Waals surface area contributed by atoms with Crippen LogP contribution in [-0.2, 0) is 4.74 Å². The summed E-state index contributed by atoms with van der Waals surface area (Å²) in [5.74, 6) is 0.924. The van der Waals surface area contributed by atoms with Gasteiger partial charge in [-0.2, -0.15) is 0 Å². The highest BCUT2D eigenvalue weighted by Gasteiger charge is 2.37. The van der Waals surface area contributed by atoms with Crippen LogP contribution in [0.5, 0.6) is 0 Å². The third-order valence-corrected chi connectivity index (χ3v) is 5.60. The van der Waals surface area contributed by atoms with Crippen molar-refractivity contribution < 1.29 is 4.74 Å². The van der Waals surface area contributed by atoms with Crippen LogP contribution in [0, 0.1) is 11.3 Å². The Balaban J connectivity index is 1.98. The van der Waals surface area contributed by atoms with Crippen LogP contribution in [-0.4, -0.2) is 44.3 Å². The lowest BCUT2D eigenvalue weighted by Gasteiger charge is -2.40. The maximum absolute atomic E-state index is 6.22. The van der Waals surface area contributed by atoms with Crippen LogP contribution in [0.2, 0.25) is 0 Å². The third-order valence-electron chi connectivity index (χ3n) is 5.60.